The minimum Gasteiger partial charge on any atom is -0.445 e. The van der Waals surface area contributed by atoms with Crippen LogP contribution < -0.4 is 0 Å². The summed E-state index contributed by atoms with van der Waals surface area (Å²) < 4.78 is 5.68. The van der Waals surface area contributed by atoms with Crippen molar-refractivity contribution in [1.29, 1.82) is 0 Å². The van der Waals surface area contributed by atoms with Crippen LogP contribution >= 0.6 is 11.6 Å². The summed E-state index contributed by atoms with van der Waals surface area (Å²) in [6.07, 6.45) is 6.38. The Balaban J connectivity index is 1.94. The van der Waals surface area contributed by atoms with Gasteiger partial charge in [0.2, 0.25) is 0 Å². The predicted octanol–water partition coefficient (Wildman–Crippen LogP) is 3.36. The number of rotatable bonds is 5. The highest BCUT2D eigenvalue weighted by atomic mass is 35.5. The molecule has 2 rings (SSSR count). The Labute approximate surface area is 89.7 Å². The van der Waals surface area contributed by atoms with E-state index in [2.05, 4.69) is 11.9 Å². The van der Waals surface area contributed by atoms with E-state index in [9.17, 15) is 0 Å². The summed E-state index contributed by atoms with van der Waals surface area (Å²) in [6.45, 7) is 2.23. The monoisotopic (exact) mass is 213 g/mol. The molecule has 3 heteroatoms. The van der Waals surface area contributed by atoms with E-state index in [0.29, 0.717) is 11.8 Å². The third kappa shape index (κ3) is 2.30. The van der Waals surface area contributed by atoms with E-state index in [1.165, 1.54) is 12.8 Å². The number of hydrogen-bond donors (Lipinski definition) is 0. The Morgan fingerprint density at radius 3 is 3.07 bits per heavy atom. The van der Waals surface area contributed by atoms with Crippen molar-refractivity contribution in [2.45, 2.75) is 38.5 Å². The molecule has 0 saturated heterocycles. The predicted molar refractivity (Wildman–Crippen MR) is 56.7 cm³/mol. The molecule has 1 atom stereocenters. The molecule has 1 aromatic rings. The van der Waals surface area contributed by atoms with E-state index >= 15 is 0 Å². The van der Waals surface area contributed by atoms with Crippen LogP contribution in [0.2, 0.25) is 0 Å². The second kappa shape index (κ2) is 4.35. The highest BCUT2D eigenvalue weighted by molar-refractivity contribution is 6.17. The van der Waals surface area contributed by atoms with E-state index in [1.54, 1.807) is 0 Å². The van der Waals surface area contributed by atoms with Crippen molar-refractivity contribution in [3.8, 4) is 0 Å². The van der Waals surface area contributed by atoms with Crippen LogP contribution in [0.4, 0.5) is 0 Å². The second-order valence-electron chi connectivity index (χ2n) is 4.08. The number of oxazole rings is 1. The summed E-state index contributed by atoms with van der Waals surface area (Å²) >= 11 is 5.61. The van der Waals surface area contributed by atoms with Gasteiger partial charge in [-0.25, -0.2) is 4.98 Å². The van der Waals surface area contributed by atoms with Crippen molar-refractivity contribution in [2.75, 3.05) is 5.88 Å². The average Bonchev–Trinajstić information content (AvgIpc) is 2.94. The lowest BCUT2D eigenvalue weighted by molar-refractivity contribution is 0.415. The van der Waals surface area contributed by atoms with Crippen LogP contribution in [0, 0.1) is 5.92 Å². The lowest BCUT2D eigenvalue weighted by Crippen LogP contribution is -1.92. The van der Waals surface area contributed by atoms with Gasteiger partial charge < -0.3 is 4.42 Å². The zero-order valence-electron chi connectivity index (χ0n) is 8.50. The van der Waals surface area contributed by atoms with Crippen molar-refractivity contribution in [3.63, 3.8) is 0 Å². The first-order chi connectivity index (χ1) is 6.81. The van der Waals surface area contributed by atoms with Crippen molar-refractivity contribution in [2.24, 2.45) is 5.92 Å². The van der Waals surface area contributed by atoms with E-state index in [0.717, 1.165) is 30.4 Å². The SMILES string of the molecule is CC(c1cnc(CCCCl)o1)C1CC1. The molecule has 0 radical (unpaired) electrons. The molecule has 14 heavy (non-hydrogen) atoms. The van der Waals surface area contributed by atoms with E-state index in [-0.39, 0.29) is 0 Å². The maximum Gasteiger partial charge on any atom is 0.194 e. The van der Waals surface area contributed by atoms with Gasteiger partial charge >= 0.3 is 0 Å². The van der Waals surface area contributed by atoms with Crippen molar-refractivity contribution in [3.05, 3.63) is 17.8 Å². The highest BCUT2D eigenvalue weighted by Crippen LogP contribution is 2.42. The first-order valence-corrected chi connectivity index (χ1v) is 5.85. The molecule has 1 aromatic heterocycles. The van der Waals surface area contributed by atoms with Gasteiger partial charge in [-0.2, -0.15) is 0 Å². The van der Waals surface area contributed by atoms with Gasteiger partial charge in [0.1, 0.15) is 5.76 Å². The van der Waals surface area contributed by atoms with Crippen LogP contribution in [-0.4, -0.2) is 10.9 Å². The smallest absolute Gasteiger partial charge is 0.194 e. The quantitative estimate of drug-likeness (QED) is 0.701. The van der Waals surface area contributed by atoms with Gasteiger partial charge in [0, 0.05) is 18.2 Å². The minimum absolute atomic E-state index is 0.548. The van der Waals surface area contributed by atoms with Crippen molar-refractivity contribution >= 4 is 11.6 Å². The number of halogens is 1. The Morgan fingerprint density at radius 1 is 1.64 bits per heavy atom. The summed E-state index contributed by atoms with van der Waals surface area (Å²) in [5.74, 6) is 3.96. The molecule has 1 aliphatic rings. The molecule has 0 aliphatic heterocycles. The Hall–Kier alpha value is -0.500. The molecule has 0 aromatic carbocycles. The number of aromatic nitrogens is 1. The van der Waals surface area contributed by atoms with Gasteiger partial charge in [-0.15, -0.1) is 11.6 Å². The van der Waals surface area contributed by atoms with Gasteiger partial charge in [-0.3, -0.25) is 0 Å². The molecule has 0 N–H and O–H groups in total. The number of alkyl halides is 1. The number of aryl methyl sites for hydroxylation is 1. The molecule has 0 amide bonds. The molecule has 1 fully saturated rings. The lowest BCUT2D eigenvalue weighted by Gasteiger charge is -2.03. The van der Waals surface area contributed by atoms with Gasteiger partial charge in [0.05, 0.1) is 6.20 Å². The van der Waals surface area contributed by atoms with Crippen molar-refractivity contribution in [1.82, 2.24) is 4.98 Å². The zero-order valence-corrected chi connectivity index (χ0v) is 9.26. The molecular formula is C11H16ClNO. The topological polar surface area (TPSA) is 26.0 Å². The number of nitrogens with zero attached hydrogens (tertiary/aromatic N) is 1. The summed E-state index contributed by atoms with van der Waals surface area (Å²) in [5.41, 5.74) is 0. The zero-order chi connectivity index (χ0) is 9.97. The molecule has 1 heterocycles. The van der Waals surface area contributed by atoms with Crippen LogP contribution in [0.15, 0.2) is 10.6 Å². The standard InChI is InChI=1S/C11H16ClNO/c1-8(9-4-5-9)10-7-13-11(14-10)3-2-6-12/h7-9H,2-6H2,1H3. The van der Waals surface area contributed by atoms with Crippen LogP contribution in [0.25, 0.3) is 0 Å². The van der Waals surface area contributed by atoms with Gasteiger partial charge in [0.25, 0.3) is 0 Å². The first-order valence-electron chi connectivity index (χ1n) is 5.32. The number of hydrogen-bond acceptors (Lipinski definition) is 2. The molecule has 1 aliphatic carbocycles. The second-order valence-corrected chi connectivity index (χ2v) is 4.45. The van der Waals surface area contributed by atoms with Crippen molar-refractivity contribution < 1.29 is 4.42 Å². The third-order valence-electron chi connectivity index (χ3n) is 2.87. The summed E-state index contributed by atoms with van der Waals surface area (Å²) in [6, 6.07) is 0. The van der Waals surface area contributed by atoms with E-state index in [1.807, 2.05) is 6.20 Å². The highest BCUT2D eigenvalue weighted by Gasteiger charge is 2.31. The molecule has 0 spiro atoms. The molecule has 1 saturated carbocycles. The Bertz CT molecular complexity index is 293. The normalized spacial score (nSPS) is 18.4. The minimum atomic E-state index is 0.548. The van der Waals surface area contributed by atoms with Crippen LogP contribution in [0.3, 0.4) is 0 Å². The van der Waals surface area contributed by atoms with E-state index in [4.69, 9.17) is 16.0 Å². The average molecular weight is 214 g/mol. The fourth-order valence-corrected chi connectivity index (χ4v) is 1.83. The molecule has 2 nitrogen and oxygen atoms in total. The maximum absolute atomic E-state index is 5.68. The third-order valence-corrected chi connectivity index (χ3v) is 3.14. The Morgan fingerprint density at radius 2 is 2.43 bits per heavy atom. The Kier molecular flexibility index (Phi) is 3.12. The summed E-state index contributed by atoms with van der Waals surface area (Å²) in [5, 5.41) is 0. The largest absolute Gasteiger partial charge is 0.445 e. The molecule has 0 bridgehead atoms. The van der Waals surface area contributed by atoms with Gasteiger partial charge in [0.15, 0.2) is 5.89 Å². The molecule has 1 unspecified atom stereocenters. The first kappa shape index (κ1) is 10.0. The van der Waals surface area contributed by atoms with Crippen LogP contribution in [0.5, 0.6) is 0 Å². The fraction of sp³-hybridized carbons (Fsp3) is 0.727. The molecular weight excluding hydrogens is 198 g/mol. The van der Waals surface area contributed by atoms with Crippen LogP contribution in [0.1, 0.15) is 43.8 Å². The summed E-state index contributed by atoms with van der Waals surface area (Å²) in [4.78, 5) is 4.26. The van der Waals surface area contributed by atoms with E-state index < -0.39 is 0 Å². The van der Waals surface area contributed by atoms with Gasteiger partial charge in [-0.05, 0) is 25.2 Å². The maximum atomic E-state index is 5.68. The fourth-order valence-electron chi connectivity index (χ4n) is 1.70. The van der Waals surface area contributed by atoms with Gasteiger partial charge in [-0.1, -0.05) is 6.92 Å². The molecule has 78 valence electrons. The lowest BCUT2D eigenvalue weighted by atomic mass is 10.0. The summed E-state index contributed by atoms with van der Waals surface area (Å²) in [7, 11) is 0. The van der Waals surface area contributed by atoms with Crippen LogP contribution in [-0.2, 0) is 6.42 Å².